The molecule has 118 valence electrons. The van der Waals surface area contributed by atoms with Gasteiger partial charge in [-0.1, -0.05) is 35.9 Å². The first-order chi connectivity index (χ1) is 10.6. The summed E-state index contributed by atoms with van der Waals surface area (Å²) >= 11 is 5.84. The van der Waals surface area contributed by atoms with Crippen molar-refractivity contribution in [1.82, 2.24) is 0 Å². The molecule has 0 amide bonds. The molecule has 1 saturated heterocycles. The molecule has 1 aromatic carbocycles. The van der Waals surface area contributed by atoms with E-state index in [1.54, 1.807) is 19.1 Å². The van der Waals surface area contributed by atoms with Gasteiger partial charge in [-0.3, -0.25) is 9.59 Å². The van der Waals surface area contributed by atoms with E-state index in [1.807, 2.05) is 24.3 Å². The number of esters is 2. The molecule has 1 atom stereocenters. The molecule has 1 fully saturated rings. The Hall–Kier alpha value is -1.81. The quantitative estimate of drug-likeness (QED) is 0.613. The molecule has 0 unspecified atom stereocenters. The van der Waals surface area contributed by atoms with E-state index >= 15 is 0 Å². The average Bonchev–Trinajstić information content (AvgIpc) is 2.51. The van der Waals surface area contributed by atoms with Crippen molar-refractivity contribution in [2.75, 3.05) is 13.2 Å². The Labute approximate surface area is 135 Å². The maximum Gasteiger partial charge on any atom is 0.323 e. The molecule has 0 aliphatic carbocycles. The van der Waals surface area contributed by atoms with Gasteiger partial charge in [0.25, 0.3) is 0 Å². The highest BCUT2D eigenvalue weighted by atomic mass is 35.5. The Kier molecular flexibility index (Phi) is 5.61. The molecule has 1 heterocycles. The summed E-state index contributed by atoms with van der Waals surface area (Å²) in [6.45, 7) is 2.33. The third-order valence-electron chi connectivity index (χ3n) is 3.68. The Balaban J connectivity index is 2.14. The van der Waals surface area contributed by atoms with Gasteiger partial charge in [0.1, 0.15) is 0 Å². The second-order valence-corrected chi connectivity index (χ2v) is 5.64. The third-order valence-corrected chi connectivity index (χ3v) is 3.94. The molecule has 1 aromatic rings. The summed E-state index contributed by atoms with van der Waals surface area (Å²) < 4.78 is 10.2. The number of cyclic esters (lactones) is 1. The Morgan fingerprint density at radius 3 is 2.77 bits per heavy atom. The summed E-state index contributed by atoms with van der Waals surface area (Å²) in [6, 6.07) is 7.32. The van der Waals surface area contributed by atoms with Crippen molar-refractivity contribution in [3.8, 4) is 0 Å². The first-order valence-electron chi connectivity index (χ1n) is 7.35. The van der Waals surface area contributed by atoms with E-state index in [1.165, 1.54) is 0 Å². The van der Waals surface area contributed by atoms with Crippen LogP contribution in [0.1, 0.15) is 31.7 Å². The molecule has 0 bridgehead atoms. The van der Waals surface area contributed by atoms with Gasteiger partial charge in [-0.25, -0.2) is 0 Å². The predicted octanol–water partition coefficient (Wildman–Crippen LogP) is 3.63. The molecule has 1 aliphatic heterocycles. The summed E-state index contributed by atoms with van der Waals surface area (Å²) in [6.07, 6.45) is 5.06. The minimum atomic E-state index is -1.21. The van der Waals surface area contributed by atoms with Crippen molar-refractivity contribution in [3.63, 3.8) is 0 Å². The van der Waals surface area contributed by atoms with Gasteiger partial charge in [-0.2, -0.15) is 0 Å². The summed E-state index contributed by atoms with van der Waals surface area (Å²) in [7, 11) is 0. The van der Waals surface area contributed by atoms with Crippen LogP contribution in [0.2, 0.25) is 5.02 Å². The lowest BCUT2D eigenvalue weighted by Gasteiger charge is -2.31. The van der Waals surface area contributed by atoms with Crippen molar-refractivity contribution < 1.29 is 19.1 Å². The van der Waals surface area contributed by atoms with E-state index < -0.39 is 17.4 Å². The number of ether oxygens (including phenoxy) is 2. The number of carbonyl (C=O) groups excluding carboxylic acids is 2. The molecule has 5 heteroatoms. The van der Waals surface area contributed by atoms with Gasteiger partial charge < -0.3 is 9.47 Å². The van der Waals surface area contributed by atoms with Crippen LogP contribution < -0.4 is 0 Å². The zero-order chi connectivity index (χ0) is 16.0. The maximum absolute atomic E-state index is 12.2. The lowest BCUT2D eigenvalue weighted by atomic mass is 9.78. The summed E-state index contributed by atoms with van der Waals surface area (Å²) in [4.78, 5) is 24.4. The zero-order valence-corrected chi connectivity index (χ0v) is 13.3. The molecule has 22 heavy (non-hydrogen) atoms. The number of hydrogen-bond donors (Lipinski definition) is 0. The summed E-state index contributed by atoms with van der Waals surface area (Å²) in [5.41, 5.74) is -0.260. The Morgan fingerprint density at radius 1 is 1.41 bits per heavy atom. The highest BCUT2D eigenvalue weighted by Crippen LogP contribution is 2.35. The lowest BCUT2D eigenvalue weighted by Crippen LogP contribution is -2.44. The maximum atomic E-state index is 12.2. The molecule has 1 aliphatic rings. The fourth-order valence-electron chi connectivity index (χ4n) is 2.47. The fourth-order valence-corrected chi connectivity index (χ4v) is 2.60. The molecule has 4 nitrogen and oxygen atoms in total. The Bertz CT molecular complexity index is 565. The molecule has 0 saturated carbocycles. The van der Waals surface area contributed by atoms with Gasteiger partial charge in [-0.15, -0.1) is 0 Å². The van der Waals surface area contributed by atoms with E-state index in [0.717, 1.165) is 5.56 Å². The van der Waals surface area contributed by atoms with Crippen LogP contribution in [0.3, 0.4) is 0 Å². The normalized spacial score (nSPS) is 21.6. The van der Waals surface area contributed by atoms with Crippen molar-refractivity contribution in [3.05, 3.63) is 40.9 Å². The largest absolute Gasteiger partial charge is 0.465 e. The number of carbonyl (C=O) groups is 2. The molecular weight excluding hydrogens is 304 g/mol. The second kappa shape index (κ2) is 7.45. The second-order valence-electron chi connectivity index (χ2n) is 5.20. The average molecular weight is 323 g/mol. The zero-order valence-electron chi connectivity index (χ0n) is 12.5. The van der Waals surface area contributed by atoms with Gasteiger partial charge in [0, 0.05) is 5.02 Å². The first kappa shape index (κ1) is 16.6. The van der Waals surface area contributed by atoms with E-state index in [2.05, 4.69) is 0 Å². The highest BCUT2D eigenvalue weighted by molar-refractivity contribution is 6.30. The van der Waals surface area contributed by atoms with E-state index in [9.17, 15) is 9.59 Å². The van der Waals surface area contributed by atoms with Crippen molar-refractivity contribution >= 4 is 29.6 Å². The van der Waals surface area contributed by atoms with E-state index in [0.29, 0.717) is 24.5 Å². The van der Waals surface area contributed by atoms with Crippen LogP contribution in [0.4, 0.5) is 0 Å². The predicted molar refractivity (Wildman–Crippen MR) is 84.4 cm³/mol. The molecule has 0 radical (unpaired) electrons. The third kappa shape index (κ3) is 3.69. The minimum absolute atomic E-state index is 0.245. The standard InChI is InChI=1S/C17H19ClO4/c1-2-21-15(19)17(11-4-12-22-16(17)20)10-3-5-13-6-8-14(18)9-7-13/h3,5-9H,2,4,10-12H2,1H3/b5-3+/t17-/m0/s1. The number of hydrogen-bond acceptors (Lipinski definition) is 4. The van der Waals surface area contributed by atoms with Crippen LogP contribution in [-0.4, -0.2) is 25.2 Å². The van der Waals surface area contributed by atoms with Gasteiger partial charge in [-0.05, 0) is 43.9 Å². The monoisotopic (exact) mass is 322 g/mol. The van der Waals surface area contributed by atoms with Crippen LogP contribution in [-0.2, 0) is 19.1 Å². The van der Waals surface area contributed by atoms with Crippen LogP contribution in [0, 0.1) is 5.41 Å². The number of benzene rings is 1. The number of allylic oxidation sites excluding steroid dienone is 1. The van der Waals surface area contributed by atoms with Gasteiger partial charge in [0.2, 0.25) is 0 Å². The van der Waals surface area contributed by atoms with Crippen LogP contribution in [0.5, 0.6) is 0 Å². The van der Waals surface area contributed by atoms with Gasteiger partial charge in [0.05, 0.1) is 13.2 Å². The van der Waals surface area contributed by atoms with Crippen LogP contribution >= 0.6 is 11.6 Å². The number of rotatable bonds is 5. The SMILES string of the molecule is CCOC(=O)[C@]1(C/C=C/c2ccc(Cl)cc2)CCCOC1=O. The molecule has 0 spiro atoms. The first-order valence-corrected chi connectivity index (χ1v) is 7.73. The van der Waals surface area contributed by atoms with Crippen molar-refractivity contribution in [2.45, 2.75) is 26.2 Å². The highest BCUT2D eigenvalue weighted by Gasteiger charge is 2.49. The fraction of sp³-hybridized carbons (Fsp3) is 0.412. The molecular formula is C17H19ClO4. The van der Waals surface area contributed by atoms with Crippen molar-refractivity contribution in [2.24, 2.45) is 5.41 Å². The summed E-state index contributed by atoms with van der Waals surface area (Å²) in [5, 5.41) is 0.663. The minimum Gasteiger partial charge on any atom is -0.465 e. The molecule has 0 aromatic heterocycles. The topological polar surface area (TPSA) is 52.6 Å². The summed E-state index contributed by atoms with van der Waals surface area (Å²) in [5.74, 6) is -0.988. The smallest absolute Gasteiger partial charge is 0.323 e. The molecule has 0 N–H and O–H groups in total. The van der Waals surface area contributed by atoms with Crippen LogP contribution in [0.25, 0.3) is 6.08 Å². The lowest BCUT2D eigenvalue weighted by molar-refractivity contribution is -0.177. The van der Waals surface area contributed by atoms with E-state index in [-0.39, 0.29) is 13.0 Å². The Morgan fingerprint density at radius 2 is 2.14 bits per heavy atom. The number of halogens is 1. The molecule has 2 rings (SSSR count). The van der Waals surface area contributed by atoms with Gasteiger partial charge >= 0.3 is 11.9 Å². The van der Waals surface area contributed by atoms with Crippen molar-refractivity contribution in [1.29, 1.82) is 0 Å². The van der Waals surface area contributed by atoms with Gasteiger partial charge in [0.15, 0.2) is 5.41 Å². The van der Waals surface area contributed by atoms with Crippen LogP contribution in [0.15, 0.2) is 30.3 Å². The van der Waals surface area contributed by atoms with E-state index in [4.69, 9.17) is 21.1 Å².